The Hall–Kier alpha value is -2.46. The maximum Gasteiger partial charge on any atom is 0.252 e. The Labute approximate surface area is 147 Å². The first-order chi connectivity index (χ1) is 11.6. The van der Waals surface area contributed by atoms with Crippen LogP contribution in [-0.4, -0.2) is 40.8 Å². The van der Waals surface area contributed by atoms with E-state index in [0.717, 1.165) is 10.9 Å². The number of pyridine rings is 1. The average molecular weight is 387 g/mol. The molecule has 1 saturated heterocycles. The van der Waals surface area contributed by atoms with Crippen molar-refractivity contribution in [2.75, 3.05) is 13.1 Å². The number of carbonyl (C=O) groups excluding carboxylic acids is 2. The summed E-state index contributed by atoms with van der Waals surface area (Å²) in [5, 5.41) is 12.4. The highest BCUT2D eigenvalue weighted by Crippen LogP contribution is 2.24. The van der Waals surface area contributed by atoms with E-state index in [-0.39, 0.29) is 24.4 Å². The van der Waals surface area contributed by atoms with Gasteiger partial charge in [0.05, 0.1) is 23.7 Å². The Kier molecular flexibility index (Phi) is 4.76. The van der Waals surface area contributed by atoms with E-state index in [1.54, 1.807) is 12.3 Å². The number of hydrogen-bond donors (Lipinski definition) is 1. The number of benzene rings is 1. The van der Waals surface area contributed by atoms with Gasteiger partial charge in [-0.05, 0) is 40.9 Å². The highest BCUT2D eigenvalue weighted by molar-refractivity contribution is 9.10. The Morgan fingerprint density at radius 2 is 2.25 bits per heavy atom. The molecule has 2 aromatic rings. The first-order valence-corrected chi connectivity index (χ1v) is 8.41. The lowest BCUT2D eigenvalue weighted by molar-refractivity contribution is -0.130. The number of halogens is 1. The normalized spacial score (nSPS) is 16.8. The van der Waals surface area contributed by atoms with Crippen molar-refractivity contribution < 1.29 is 9.59 Å². The first kappa shape index (κ1) is 16.4. The molecule has 1 aromatic carbocycles. The topological polar surface area (TPSA) is 86.1 Å². The summed E-state index contributed by atoms with van der Waals surface area (Å²) in [6.45, 7) is 0.451. The summed E-state index contributed by atoms with van der Waals surface area (Å²) in [6.07, 6.45) is 3.08. The first-order valence-electron chi connectivity index (χ1n) is 7.62. The second-order valence-electron chi connectivity index (χ2n) is 5.55. The molecule has 0 radical (unpaired) electrons. The molecule has 1 aromatic heterocycles. The molecule has 7 heteroatoms. The number of likely N-dealkylation sites (tertiary alicyclic amines) is 1. The van der Waals surface area contributed by atoms with Gasteiger partial charge in [-0.3, -0.25) is 14.6 Å². The number of rotatable bonds is 3. The van der Waals surface area contributed by atoms with Crippen LogP contribution in [0, 0.1) is 11.3 Å². The molecule has 1 aliphatic rings. The van der Waals surface area contributed by atoms with Crippen molar-refractivity contribution in [3.8, 4) is 6.07 Å². The molecule has 0 bridgehead atoms. The van der Waals surface area contributed by atoms with Crippen molar-refractivity contribution >= 4 is 38.6 Å². The zero-order valence-corrected chi connectivity index (χ0v) is 14.4. The monoisotopic (exact) mass is 386 g/mol. The number of fused-ring (bicyclic) bond motifs is 1. The third kappa shape index (κ3) is 3.10. The van der Waals surface area contributed by atoms with E-state index in [1.165, 1.54) is 4.90 Å². The van der Waals surface area contributed by atoms with E-state index >= 15 is 0 Å². The van der Waals surface area contributed by atoms with E-state index in [2.05, 4.69) is 32.3 Å². The fourth-order valence-corrected chi connectivity index (χ4v) is 3.36. The summed E-state index contributed by atoms with van der Waals surface area (Å²) >= 11 is 3.42. The summed E-state index contributed by atoms with van der Waals surface area (Å²) in [6, 6.07) is 8.87. The molecule has 24 heavy (non-hydrogen) atoms. The Balaban J connectivity index is 1.73. The third-order valence-electron chi connectivity index (χ3n) is 4.09. The molecule has 6 nitrogen and oxygen atoms in total. The molecular formula is C17H15BrN4O2. The molecule has 2 heterocycles. The van der Waals surface area contributed by atoms with Crippen LogP contribution in [0.5, 0.6) is 0 Å². The lowest BCUT2D eigenvalue weighted by atomic mass is 10.1. The van der Waals surface area contributed by atoms with Crippen molar-refractivity contribution in [3.05, 3.63) is 40.5 Å². The average Bonchev–Trinajstić information content (AvgIpc) is 3.08. The summed E-state index contributed by atoms with van der Waals surface area (Å²) in [7, 11) is 0. The summed E-state index contributed by atoms with van der Waals surface area (Å²) in [5.74, 6) is -0.562. The van der Waals surface area contributed by atoms with Crippen LogP contribution in [0.1, 0.15) is 23.2 Å². The number of carbonyl (C=O) groups is 2. The highest BCUT2D eigenvalue weighted by Gasteiger charge is 2.28. The molecule has 1 fully saturated rings. The van der Waals surface area contributed by atoms with Gasteiger partial charge in [-0.25, -0.2) is 0 Å². The quantitative estimate of drug-likeness (QED) is 0.875. The van der Waals surface area contributed by atoms with Crippen LogP contribution >= 0.6 is 15.9 Å². The smallest absolute Gasteiger partial charge is 0.252 e. The van der Waals surface area contributed by atoms with Crippen molar-refractivity contribution in [2.45, 2.75) is 18.9 Å². The van der Waals surface area contributed by atoms with Gasteiger partial charge in [0.15, 0.2) is 0 Å². The Morgan fingerprint density at radius 1 is 1.42 bits per heavy atom. The fraction of sp³-hybridized carbons (Fsp3) is 0.294. The predicted molar refractivity (Wildman–Crippen MR) is 92.1 cm³/mol. The van der Waals surface area contributed by atoms with E-state index in [1.807, 2.05) is 18.2 Å². The lowest BCUT2D eigenvalue weighted by Crippen LogP contribution is -2.42. The molecule has 122 valence electrons. The van der Waals surface area contributed by atoms with Gasteiger partial charge in [0, 0.05) is 22.6 Å². The zero-order valence-electron chi connectivity index (χ0n) is 12.8. The molecule has 2 amide bonds. The van der Waals surface area contributed by atoms with Crippen LogP contribution < -0.4 is 5.32 Å². The highest BCUT2D eigenvalue weighted by atomic mass is 79.9. The van der Waals surface area contributed by atoms with Crippen molar-refractivity contribution in [2.24, 2.45) is 0 Å². The predicted octanol–water partition coefficient (Wildman–Crippen LogP) is 2.24. The van der Waals surface area contributed by atoms with Gasteiger partial charge in [0.25, 0.3) is 5.91 Å². The zero-order chi connectivity index (χ0) is 17.1. The van der Waals surface area contributed by atoms with Crippen LogP contribution in [0.15, 0.2) is 34.9 Å². The number of nitrogens with zero attached hydrogens (tertiary/aromatic N) is 3. The van der Waals surface area contributed by atoms with Gasteiger partial charge >= 0.3 is 0 Å². The van der Waals surface area contributed by atoms with E-state index in [0.29, 0.717) is 29.4 Å². The van der Waals surface area contributed by atoms with Crippen LogP contribution in [0.2, 0.25) is 0 Å². The molecule has 0 spiro atoms. The minimum Gasteiger partial charge on any atom is -0.343 e. The number of nitriles is 1. The van der Waals surface area contributed by atoms with E-state index in [9.17, 15) is 9.59 Å². The van der Waals surface area contributed by atoms with E-state index in [4.69, 9.17) is 5.26 Å². The van der Waals surface area contributed by atoms with Gasteiger partial charge in [0.1, 0.15) is 6.04 Å². The van der Waals surface area contributed by atoms with Gasteiger partial charge in [-0.2, -0.15) is 5.26 Å². The van der Waals surface area contributed by atoms with Crippen molar-refractivity contribution in [1.29, 1.82) is 5.26 Å². The molecule has 0 aliphatic carbocycles. The summed E-state index contributed by atoms with van der Waals surface area (Å²) < 4.78 is 0.805. The third-order valence-corrected chi connectivity index (χ3v) is 4.73. The minimum atomic E-state index is -0.382. The van der Waals surface area contributed by atoms with Crippen molar-refractivity contribution in [1.82, 2.24) is 15.2 Å². The maximum atomic E-state index is 12.5. The molecule has 1 aliphatic heterocycles. The number of para-hydroxylation sites is 1. The number of amides is 2. The molecule has 1 N–H and O–H groups in total. The van der Waals surface area contributed by atoms with Gasteiger partial charge in [0.2, 0.25) is 5.91 Å². The fourth-order valence-electron chi connectivity index (χ4n) is 2.89. The van der Waals surface area contributed by atoms with Crippen LogP contribution in [0.25, 0.3) is 10.9 Å². The van der Waals surface area contributed by atoms with Gasteiger partial charge in [-0.15, -0.1) is 0 Å². The summed E-state index contributed by atoms with van der Waals surface area (Å²) in [5.41, 5.74) is 1.16. The Morgan fingerprint density at radius 3 is 3.04 bits per heavy atom. The molecule has 1 atom stereocenters. The minimum absolute atomic E-state index is 0.116. The SMILES string of the molecule is N#CC1CCCN1C(=O)CNC(=O)c1ccnc2c(Br)cccc12. The number of nitrogens with one attached hydrogen (secondary N) is 1. The number of hydrogen-bond acceptors (Lipinski definition) is 4. The standard InChI is InChI=1S/C17H15BrN4O2/c18-14-5-1-4-12-13(6-7-20-16(12)14)17(24)21-10-15(23)22-8-2-3-11(22)9-19/h1,4-7,11H,2-3,8,10H2,(H,21,24). The van der Waals surface area contributed by atoms with Crippen LogP contribution in [-0.2, 0) is 4.79 Å². The largest absolute Gasteiger partial charge is 0.343 e. The van der Waals surface area contributed by atoms with Crippen LogP contribution in [0.4, 0.5) is 0 Å². The van der Waals surface area contributed by atoms with Gasteiger partial charge in [-0.1, -0.05) is 12.1 Å². The lowest BCUT2D eigenvalue weighted by Gasteiger charge is -2.19. The van der Waals surface area contributed by atoms with E-state index < -0.39 is 0 Å². The molecule has 0 saturated carbocycles. The second kappa shape index (κ2) is 6.97. The van der Waals surface area contributed by atoms with Crippen LogP contribution in [0.3, 0.4) is 0 Å². The number of aromatic nitrogens is 1. The molecule has 1 unspecified atom stereocenters. The second-order valence-corrected chi connectivity index (χ2v) is 6.41. The molecule has 3 rings (SSSR count). The van der Waals surface area contributed by atoms with Crippen molar-refractivity contribution in [3.63, 3.8) is 0 Å². The summed E-state index contributed by atoms with van der Waals surface area (Å²) in [4.78, 5) is 30.5. The Bertz CT molecular complexity index is 846. The van der Waals surface area contributed by atoms with Gasteiger partial charge < -0.3 is 10.2 Å². The molecular weight excluding hydrogens is 372 g/mol. The maximum absolute atomic E-state index is 12.5.